The lowest BCUT2D eigenvalue weighted by atomic mass is 10.1. The molecule has 6 heteroatoms. The number of fused-ring (bicyclic) bond motifs is 1. The molecule has 130 valence electrons. The van der Waals surface area contributed by atoms with Crippen molar-refractivity contribution in [3.05, 3.63) is 76.8 Å². The Morgan fingerprint density at radius 1 is 1.00 bits per heavy atom. The summed E-state index contributed by atoms with van der Waals surface area (Å²) in [5, 5.41) is 9.05. The third-order valence-electron chi connectivity index (χ3n) is 3.84. The van der Waals surface area contributed by atoms with E-state index in [-0.39, 0.29) is 0 Å². The molecule has 0 heterocycles. The highest BCUT2D eigenvalue weighted by Gasteiger charge is 2.14. The minimum atomic E-state index is -0.851. The van der Waals surface area contributed by atoms with E-state index in [2.05, 4.69) is 15.8 Å². The predicted octanol–water partition coefficient (Wildman–Crippen LogP) is 3.89. The van der Waals surface area contributed by atoms with E-state index >= 15 is 0 Å². The van der Waals surface area contributed by atoms with Crippen LogP contribution in [0.3, 0.4) is 0 Å². The smallest absolute Gasteiger partial charge is 0.317 e. The Morgan fingerprint density at radius 2 is 1.77 bits per heavy atom. The molecule has 3 aromatic rings. The second-order valence-electron chi connectivity index (χ2n) is 5.68. The number of benzene rings is 3. The Balaban J connectivity index is 1.66. The van der Waals surface area contributed by atoms with E-state index < -0.39 is 11.8 Å². The topological polar surface area (TPSA) is 70.6 Å². The summed E-state index contributed by atoms with van der Waals surface area (Å²) < 4.78 is 0. The molecule has 0 aliphatic rings. The Bertz CT molecular complexity index is 1010. The summed E-state index contributed by atoms with van der Waals surface area (Å²) >= 11 is 5.87. The van der Waals surface area contributed by atoms with Gasteiger partial charge in [-0.1, -0.05) is 54.1 Å². The first-order valence-electron chi connectivity index (χ1n) is 7.93. The van der Waals surface area contributed by atoms with Gasteiger partial charge in [-0.3, -0.25) is 9.59 Å². The molecule has 0 atom stereocenters. The molecule has 3 aromatic carbocycles. The molecule has 0 saturated heterocycles. The van der Waals surface area contributed by atoms with E-state index in [0.29, 0.717) is 10.7 Å². The molecule has 0 bridgehead atoms. The van der Waals surface area contributed by atoms with Crippen LogP contribution in [-0.4, -0.2) is 18.0 Å². The minimum absolute atomic E-state index is 0.521. The predicted molar refractivity (Wildman–Crippen MR) is 105 cm³/mol. The van der Waals surface area contributed by atoms with Crippen LogP contribution in [0.1, 0.15) is 11.1 Å². The Labute approximate surface area is 155 Å². The normalized spacial score (nSPS) is 10.8. The van der Waals surface area contributed by atoms with Crippen molar-refractivity contribution in [2.45, 2.75) is 6.92 Å². The maximum Gasteiger partial charge on any atom is 0.329 e. The van der Waals surface area contributed by atoms with Crippen molar-refractivity contribution in [1.82, 2.24) is 5.43 Å². The second-order valence-corrected chi connectivity index (χ2v) is 6.12. The number of carbonyl (C=O) groups is 2. The van der Waals surface area contributed by atoms with Gasteiger partial charge >= 0.3 is 11.8 Å². The molecule has 0 aliphatic heterocycles. The molecule has 0 spiro atoms. The van der Waals surface area contributed by atoms with Crippen LogP contribution in [-0.2, 0) is 9.59 Å². The van der Waals surface area contributed by atoms with Gasteiger partial charge in [0.15, 0.2) is 0 Å². The number of anilines is 1. The van der Waals surface area contributed by atoms with Gasteiger partial charge in [-0.2, -0.15) is 5.10 Å². The summed E-state index contributed by atoms with van der Waals surface area (Å²) in [6.07, 6.45) is 1.51. The van der Waals surface area contributed by atoms with E-state index in [1.807, 2.05) is 42.5 Å². The fraction of sp³-hybridized carbons (Fsp3) is 0.0500. The van der Waals surface area contributed by atoms with Crippen LogP contribution in [0.5, 0.6) is 0 Å². The first-order chi connectivity index (χ1) is 12.5. The highest BCUT2D eigenvalue weighted by Crippen LogP contribution is 2.19. The number of hydrogen-bond donors (Lipinski definition) is 2. The number of hydrazone groups is 1. The highest BCUT2D eigenvalue weighted by molar-refractivity contribution is 6.39. The van der Waals surface area contributed by atoms with Gasteiger partial charge in [-0.05, 0) is 41.5 Å². The molecular weight excluding hydrogens is 350 g/mol. The summed E-state index contributed by atoms with van der Waals surface area (Å²) in [4.78, 5) is 23.9. The number of halogens is 1. The first kappa shape index (κ1) is 17.6. The van der Waals surface area contributed by atoms with Crippen LogP contribution in [0.4, 0.5) is 5.69 Å². The van der Waals surface area contributed by atoms with Crippen molar-refractivity contribution >= 4 is 46.1 Å². The van der Waals surface area contributed by atoms with Crippen LogP contribution in [0.25, 0.3) is 10.8 Å². The second kappa shape index (κ2) is 7.80. The zero-order chi connectivity index (χ0) is 18.5. The van der Waals surface area contributed by atoms with Gasteiger partial charge < -0.3 is 5.32 Å². The first-order valence-corrected chi connectivity index (χ1v) is 8.31. The highest BCUT2D eigenvalue weighted by atomic mass is 35.5. The third kappa shape index (κ3) is 4.07. The summed E-state index contributed by atoms with van der Waals surface area (Å²) in [6.45, 7) is 1.79. The van der Waals surface area contributed by atoms with Gasteiger partial charge in [-0.25, -0.2) is 5.43 Å². The molecule has 0 radical (unpaired) electrons. The summed E-state index contributed by atoms with van der Waals surface area (Å²) in [5.74, 6) is -1.65. The van der Waals surface area contributed by atoms with Gasteiger partial charge in [0.1, 0.15) is 0 Å². The molecular formula is C20H16ClN3O2. The van der Waals surface area contributed by atoms with Crippen molar-refractivity contribution < 1.29 is 9.59 Å². The van der Waals surface area contributed by atoms with E-state index in [9.17, 15) is 9.59 Å². The molecule has 26 heavy (non-hydrogen) atoms. The number of amides is 2. The molecule has 0 aromatic heterocycles. The van der Waals surface area contributed by atoms with Crippen LogP contribution in [0, 0.1) is 6.92 Å². The summed E-state index contributed by atoms with van der Waals surface area (Å²) in [6, 6.07) is 18.6. The Morgan fingerprint density at radius 3 is 2.58 bits per heavy atom. The maximum atomic E-state index is 12.0. The average Bonchev–Trinajstić information content (AvgIpc) is 2.64. The maximum absolute atomic E-state index is 12.0. The van der Waals surface area contributed by atoms with Crippen LogP contribution >= 0.6 is 11.6 Å². The lowest BCUT2D eigenvalue weighted by Crippen LogP contribution is -2.32. The van der Waals surface area contributed by atoms with E-state index in [1.165, 1.54) is 6.21 Å². The minimum Gasteiger partial charge on any atom is -0.317 e. The molecule has 3 rings (SSSR count). The SMILES string of the molecule is Cc1cc(Cl)ccc1NC(=O)C(=O)NN=Cc1cccc2ccccc12. The lowest BCUT2D eigenvalue weighted by molar-refractivity contribution is -0.136. The number of nitrogens with zero attached hydrogens (tertiary/aromatic N) is 1. The van der Waals surface area contributed by atoms with Crippen LogP contribution in [0.2, 0.25) is 5.02 Å². The van der Waals surface area contributed by atoms with E-state index in [1.54, 1.807) is 25.1 Å². The number of rotatable bonds is 3. The van der Waals surface area contributed by atoms with Crippen molar-refractivity contribution in [2.24, 2.45) is 5.10 Å². The van der Waals surface area contributed by atoms with E-state index in [0.717, 1.165) is 21.9 Å². The third-order valence-corrected chi connectivity index (χ3v) is 4.07. The summed E-state index contributed by atoms with van der Waals surface area (Å²) in [5.41, 5.74) is 4.37. The molecule has 0 unspecified atom stereocenters. The monoisotopic (exact) mass is 365 g/mol. The standard InChI is InChI=1S/C20H16ClN3O2/c1-13-11-16(21)9-10-18(13)23-19(25)20(26)24-22-12-15-7-4-6-14-5-2-3-8-17(14)15/h2-12H,1H3,(H,23,25)(H,24,26). The average molecular weight is 366 g/mol. The molecule has 0 saturated carbocycles. The van der Waals surface area contributed by atoms with Crippen molar-refractivity contribution in [3.8, 4) is 0 Å². The Kier molecular flexibility index (Phi) is 5.29. The quantitative estimate of drug-likeness (QED) is 0.420. The number of hydrogen-bond acceptors (Lipinski definition) is 3. The van der Waals surface area contributed by atoms with Gasteiger partial charge in [-0.15, -0.1) is 0 Å². The molecule has 5 nitrogen and oxygen atoms in total. The van der Waals surface area contributed by atoms with Crippen molar-refractivity contribution in [3.63, 3.8) is 0 Å². The number of carbonyl (C=O) groups excluding carboxylic acids is 2. The van der Waals surface area contributed by atoms with Gasteiger partial charge in [0.05, 0.1) is 6.21 Å². The lowest BCUT2D eigenvalue weighted by Gasteiger charge is -2.07. The van der Waals surface area contributed by atoms with Crippen LogP contribution in [0.15, 0.2) is 65.8 Å². The molecule has 2 N–H and O–H groups in total. The number of nitrogens with one attached hydrogen (secondary N) is 2. The molecule has 2 amide bonds. The van der Waals surface area contributed by atoms with E-state index in [4.69, 9.17) is 11.6 Å². The zero-order valence-electron chi connectivity index (χ0n) is 14.0. The summed E-state index contributed by atoms with van der Waals surface area (Å²) in [7, 11) is 0. The van der Waals surface area contributed by atoms with Crippen LogP contribution < -0.4 is 10.7 Å². The zero-order valence-corrected chi connectivity index (χ0v) is 14.7. The van der Waals surface area contributed by atoms with Gasteiger partial charge in [0, 0.05) is 16.3 Å². The van der Waals surface area contributed by atoms with Gasteiger partial charge in [0.2, 0.25) is 0 Å². The fourth-order valence-corrected chi connectivity index (χ4v) is 2.75. The van der Waals surface area contributed by atoms with Crippen molar-refractivity contribution in [1.29, 1.82) is 0 Å². The van der Waals surface area contributed by atoms with Gasteiger partial charge in [0.25, 0.3) is 0 Å². The molecule has 0 aliphatic carbocycles. The van der Waals surface area contributed by atoms with Crippen molar-refractivity contribution in [2.75, 3.05) is 5.32 Å². The molecule has 0 fully saturated rings. The largest absolute Gasteiger partial charge is 0.329 e. The number of aryl methyl sites for hydroxylation is 1. The Hall–Kier alpha value is -3.18. The fourth-order valence-electron chi connectivity index (χ4n) is 2.52.